The summed E-state index contributed by atoms with van der Waals surface area (Å²) in [4.78, 5) is 34.2. The van der Waals surface area contributed by atoms with Gasteiger partial charge in [-0.05, 0) is 77.8 Å². The minimum atomic E-state index is -0.949. The molecule has 8 nitrogen and oxygen atoms in total. The Labute approximate surface area is 223 Å². The second kappa shape index (κ2) is 9.49. The summed E-state index contributed by atoms with van der Waals surface area (Å²) in [6.45, 7) is 11.2. The lowest BCUT2D eigenvalue weighted by Gasteiger charge is -2.48. The summed E-state index contributed by atoms with van der Waals surface area (Å²) in [6, 6.07) is 15.7. The van der Waals surface area contributed by atoms with Crippen molar-refractivity contribution in [2.75, 3.05) is 6.54 Å². The number of carboxylic acid groups (broad SMARTS) is 1. The molecule has 1 aliphatic rings. The molecule has 2 aromatic carbocycles. The van der Waals surface area contributed by atoms with Crippen molar-refractivity contribution < 1.29 is 14.7 Å². The van der Waals surface area contributed by atoms with Crippen LogP contribution in [0.5, 0.6) is 0 Å². The maximum atomic E-state index is 13.7. The standard InChI is InChI=1S/C30H37N5O3/c1-7-33-24-12-9-8-11-20(24)18-26(33)27-31-22-17-21(14-15-25(22)32(27)6)28(36)34-16-10-13-23(19(34)2)35(29(37)38)30(3,4)5/h8-9,11-12,14-15,17-19,23H,7,10,13,16H2,1-6H3,(H,37,38). The van der Waals surface area contributed by atoms with Crippen molar-refractivity contribution >= 4 is 33.9 Å². The van der Waals surface area contributed by atoms with Crippen LogP contribution in [0, 0.1) is 0 Å². The fourth-order valence-electron chi connectivity index (χ4n) is 6.14. The average Bonchev–Trinajstić information content (AvgIpc) is 3.40. The maximum Gasteiger partial charge on any atom is 0.408 e. The summed E-state index contributed by atoms with van der Waals surface area (Å²) in [6.07, 6.45) is 0.552. The van der Waals surface area contributed by atoms with Gasteiger partial charge >= 0.3 is 6.09 Å². The Morgan fingerprint density at radius 3 is 2.53 bits per heavy atom. The number of carbonyl (C=O) groups is 2. The minimum Gasteiger partial charge on any atom is -0.465 e. The van der Waals surface area contributed by atoms with E-state index >= 15 is 0 Å². The fourth-order valence-corrected chi connectivity index (χ4v) is 6.14. The zero-order chi connectivity index (χ0) is 27.4. The van der Waals surface area contributed by atoms with Gasteiger partial charge in [0.2, 0.25) is 0 Å². The highest BCUT2D eigenvalue weighted by Gasteiger charge is 2.41. The van der Waals surface area contributed by atoms with E-state index in [1.807, 2.05) is 63.9 Å². The number of benzene rings is 2. The number of nitrogens with zero attached hydrogens (tertiary/aromatic N) is 5. The third-order valence-corrected chi connectivity index (χ3v) is 7.95. The van der Waals surface area contributed by atoms with Gasteiger partial charge in [0.05, 0.1) is 22.8 Å². The molecule has 1 aliphatic heterocycles. The van der Waals surface area contributed by atoms with Gasteiger partial charge in [-0.25, -0.2) is 9.78 Å². The van der Waals surface area contributed by atoms with Gasteiger partial charge in [-0.1, -0.05) is 18.2 Å². The zero-order valence-electron chi connectivity index (χ0n) is 23.1. The third kappa shape index (κ3) is 4.22. The van der Waals surface area contributed by atoms with E-state index in [4.69, 9.17) is 4.98 Å². The van der Waals surface area contributed by atoms with Crippen LogP contribution in [0.3, 0.4) is 0 Å². The SMILES string of the molecule is CCn1c(-c2nc3cc(C(=O)N4CCCC(N(C(=O)O)C(C)(C)C)C4C)ccc3n2C)cc2ccccc21. The van der Waals surface area contributed by atoms with Crippen molar-refractivity contribution in [3.63, 3.8) is 0 Å². The molecule has 4 aromatic rings. The molecule has 0 spiro atoms. The lowest BCUT2D eigenvalue weighted by Crippen LogP contribution is -2.61. The summed E-state index contributed by atoms with van der Waals surface area (Å²) in [5.74, 6) is 0.773. The van der Waals surface area contributed by atoms with Crippen LogP contribution in [0.2, 0.25) is 0 Å². The molecule has 1 N–H and O–H groups in total. The number of aromatic nitrogens is 3. The molecule has 2 aromatic heterocycles. The van der Waals surface area contributed by atoms with Gasteiger partial charge in [-0.15, -0.1) is 0 Å². The van der Waals surface area contributed by atoms with Crippen molar-refractivity contribution in [2.45, 2.75) is 71.6 Å². The molecular formula is C30H37N5O3. The second-order valence-corrected chi connectivity index (χ2v) is 11.3. The molecule has 0 radical (unpaired) electrons. The van der Waals surface area contributed by atoms with E-state index in [-0.39, 0.29) is 18.0 Å². The predicted octanol–water partition coefficient (Wildman–Crippen LogP) is 5.99. The first-order chi connectivity index (χ1) is 18.0. The van der Waals surface area contributed by atoms with Gasteiger partial charge < -0.3 is 19.1 Å². The van der Waals surface area contributed by atoms with E-state index in [1.165, 1.54) is 15.8 Å². The Bertz CT molecular complexity index is 1530. The molecule has 0 aliphatic carbocycles. The van der Waals surface area contributed by atoms with E-state index in [9.17, 15) is 14.7 Å². The molecule has 1 fully saturated rings. The molecule has 5 rings (SSSR count). The lowest BCUT2D eigenvalue weighted by molar-refractivity contribution is 0.00841. The Morgan fingerprint density at radius 1 is 1.11 bits per heavy atom. The molecule has 38 heavy (non-hydrogen) atoms. The zero-order valence-corrected chi connectivity index (χ0v) is 23.1. The predicted molar refractivity (Wildman–Crippen MR) is 150 cm³/mol. The van der Waals surface area contributed by atoms with Gasteiger partial charge in [0.25, 0.3) is 5.91 Å². The number of carbonyl (C=O) groups excluding carboxylic acids is 1. The molecule has 1 saturated heterocycles. The molecule has 8 heteroatoms. The van der Waals surface area contributed by atoms with Crippen molar-refractivity contribution in [3.8, 4) is 11.5 Å². The summed E-state index contributed by atoms with van der Waals surface area (Å²) < 4.78 is 4.35. The quantitative estimate of drug-likeness (QED) is 0.362. The molecule has 3 heterocycles. The second-order valence-electron chi connectivity index (χ2n) is 11.3. The maximum absolute atomic E-state index is 13.7. The van der Waals surface area contributed by atoms with Gasteiger partial charge in [-0.2, -0.15) is 0 Å². The smallest absolute Gasteiger partial charge is 0.408 e. The fraction of sp³-hybridized carbons (Fsp3) is 0.433. The number of likely N-dealkylation sites (tertiary alicyclic amines) is 1. The van der Waals surface area contributed by atoms with E-state index in [1.54, 1.807) is 0 Å². The average molecular weight is 516 g/mol. The van der Waals surface area contributed by atoms with Gasteiger partial charge in [0.15, 0.2) is 5.82 Å². The van der Waals surface area contributed by atoms with Crippen LogP contribution >= 0.6 is 0 Å². The number of rotatable bonds is 4. The highest BCUT2D eigenvalue weighted by atomic mass is 16.4. The highest BCUT2D eigenvalue weighted by Crippen LogP contribution is 2.32. The number of piperidine rings is 1. The van der Waals surface area contributed by atoms with Crippen LogP contribution in [0.4, 0.5) is 4.79 Å². The number of hydrogen-bond acceptors (Lipinski definition) is 3. The van der Waals surface area contributed by atoms with Crippen molar-refractivity contribution in [1.82, 2.24) is 23.9 Å². The first kappa shape index (κ1) is 25.8. The lowest BCUT2D eigenvalue weighted by atomic mass is 9.91. The van der Waals surface area contributed by atoms with Crippen molar-refractivity contribution in [1.29, 1.82) is 0 Å². The van der Waals surface area contributed by atoms with E-state index in [2.05, 4.69) is 40.3 Å². The number of para-hydroxylation sites is 1. The van der Waals surface area contributed by atoms with Gasteiger partial charge in [0.1, 0.15) is 0 Å². The number of amides is 2. The number of hydrogen-bond donors (Lipinski definition) is 1. The first-order valence-corrected chi connectivity index (χ1v) is 13.4. The van der Waals surface area contributed by atoms with Crippen LogP contribution in [-0.2, 0) is 13.6 Å². The largest absolute Gasteiger partial charge is 0.465 e. The Balaban J connectivity index is 1.49. The molecule has 2 amide bonds. The monoisotopic (exact) mass is 515 g/mol. The van der Waals surface area contributed by atoms with Gasteiger partial charge in [-0.3, -0.25) is 9.69 Å². The molecular weight excluding hydrogens is 478 g/mol. The normalized spacial score (nSPS) is 18.3. The van der Waals surface area contributed by atoms with Crippen LogP contribution in [-0.4, -0.2) is 65.2 Å². The topological polar surface area (TPSA) is 83.6 Å². The summed E-state index contributed by atoms with van der Waals surface area (Å²) in [5.41, 5.74) is 3.96. The molecule has 2 unspecified atom stereocenters. The molecule has 2 atom stereocenters. The number of imidazole rings is 1. The van der Waals surface area contributed by atoms with Crippen LogP contribution in [0.15, 0.2) is 48.5 Å². The summed E-state index contributed by atoms with van der Waals surface area (Å²) >= 11 is 0. The van der Waals surface area contributed by atoms with Crippen molar-refractivity contribution in [2.24, 2.45) is 7.05 Å². The third-order valence-electron chi connectivity index (χ3n) is 7.95. The highest BCUT2D eigenvalue weighted by molar-refractivity contribution is 5.98. The molecule has 0 saturated carbocycles. The summed E-state index contributed by atoms with van der Waals surface area (Å²) in [7, 11) is 2.01. The Kier molecular flexibility index (Phi) is 6.45. The van der Waals surface area contributed by atoms with Crippen LogP contribution in [0.25, 0.3) is 33.5 Å². The van der Waals surface area contributed by atoms with E-state index in [0.29, 0.717) is 12.1 Å². The van der Waals surface area contributed by atoms with E-state index in [0.717, 1.165) is 41.9 Å². The number of aryl methyl sites for hydroxylation is 2. The van der Waals surface area contributed by atoms with Gasteiger partial charge in [0, 0.05) is 48.2 Å². The Morgan fingerprint density at radius 2 is 1.84 bits per heavy atom. The van der Waals surface area contributed by atoms with Crippen LogP contribution in [0.1, 0.15) is 57.8 Å². The molecule has 200 valence electrons. The van der Waals surface area contributed by atoms with Crippen LogP contribution < -0.4 is 0 Å². The summed E-state index contributed by atoms with van der Waals surface area (Å²) in [5, 5.41) is 11.1. The minimum absolute atomic E-state index is 0.0850. The van der Waals surface area contributed by atoms with Crippen molar-refractivity contribution in [3.05, 3.63) is 54.1 Å². The molecule has 0 bridgehead atoms. The van der Waals surface area contributed by atoms with E-state index < -0.39 is 11.6 Å². The first-order valence-electron chi connectivity index (χ1n) is 13.4. The Hall–Kier alpha value is -3.81. The number of fused-ring (bicyclic) bond motifs is 2.